The number of halogens is 1. The average Bonchev–Trinajstić information content (AvgIpc) is 2.75. The molecule has 0 spiro atoms. The summed E-state index contributed by atoms with van der Waals surface area (Å²) < 4.78 is 13.8. The van der Waals surface area contributed by atoms with Crippen LogP contribution in [0.5, 0.6) is 0 Å². The van der Waals surface area contributed by atoms with Crippen LogP contribution in [0.25, 0.3) is 0 Å². The molecule has 116 valence electrons. The molecule has 0 amide bonds. The van der Waals surface area contributed by atoms with Gasteiger partial charge in [-0.25, -0.2) is 9.37 Å². The molecule has 1 aromatic heterocycles. The standard InChI is InChI=1S/C16H20FN5/c17-14-5-2-1-4-13(14)12-21-8-3-9-22(11-10-21)16-19-7-6-15(18)20-16/h1-2,4-7H,3,8-12H2,(H2,18,19,20). The van der Waals surface area contributed by atoms with Gasteiger partial charge in [-0.2, -0.15) is 4.98 Å². The monoisotopic (exact) mass is 301 g/mol. The van der Waals surface area contributed by atoms with E-state index in [1.165, 1.54) is 6.07 Å². The molecule has 6 heteroatoms. The summed E-state index contributed by atoms with van der Waals surface area (Å²) in [5.41, 5.74) is 6.47. The second-order valence-electron chi connectivity index (χ2n) is 5.49. The number of nitrogens with zero attached hydrogens (tertiary/aromatic N) is 4. The lowest BCUT2D eigenvalue weighted by Crippen LogP contribution is -2.31. The summed E-state index contributed by atoms with van der Waals surface area (Å²) >= 11 is 0. The summed E-state index contributed by atoms with van der Waals surface area (Å²) in [6.07, 6.45) is 2.67. The molecule has 3 rings (SSSR count). The Kier molecular flexibility index (Phi) is 4.48. The van der Waals surface area contributed by atoms with Crippen molar-refractivity contribution in [1.29, 1.82) is 0 Å². The minimum Gasteiger partial charge on any atom is -0.384 e. The fraction of sp³-hybridized carbons (Fsp3) is 0.375. The van der Waals surface area contributed by atoms with E-state index in [0.717, 1.165) is 38.2 Å². The SMILES string of the molecule is Nc1ccnc(N2CCCN(Cc3ccccc3F)CC2)n1. The fourth-order valence-corrected chi connectivity index (χ4v) is 2.71. The van der Waals surface area contributed by atoms with Crippen molar-refractivity contribution < 1.29 is 4.39 Å². The Morgan fingerprint density at radius 3 is 2.77 bits per heavy atom. The van der Waals surface area contributed by atoms with Crippen LogP contribution in [0.15, 0.2) is 36.5 Å². The predicted octanol–water partition coefficient (Wildman–Crippen LogP) is 1.91. The lowest BCUT2D eigenvalue weighted by molar-refractivity contribution is 0.281. The summed E-state index contributed by atoms with van der Waals surface area (Å²) in [6.45, 7) is 4.13. The highest BCUT2D eigenvalue weighted by molar-refractivity contribution is 5.37. The molecule has 0 radical (unpaired) electrons. The van der Waals surface area contributed by atoms with Gasteiger partial charge >= 0.3 is 0 Å². The first-order valence-corrected chi connectivity index (χ1v) is 7.51. The molecule has 2 aromatic rings. The van der Waals surface area contributed by atoms with Crippen molar-refractivity contribution >= 4 is 11.8 Å². The Labute approximate surface area is 129 Å². The number of nitrogens with two attached hydrogens (primary N) is 1. The number of hydrogen-bond donors (Lipinski definition) is 1. The lowest BCUT2D eigenvalue weighted by Gasteiger charge is -2.22. The molecule has 0 saturated carbocycles. The lowest BCUT2D eigenvalue weighted by atomic mass is 10.2. The molecule has 0 unspecified atom stereocenters. The minimum atomic E-state index is -0.136. The number of aromatic nitrogens is 2. The van der Waals surface area contributed by atoms with E-state index in [0.29, 0.717) is 18.3 Å². The molecule has 5 nitrogen and oxygen atoms in total. The maximum atomic E-state index is 13.8. The fourth-order valence-electron chi connectivity index (χ4n) is 2.71. The summed E-state index contributed by atoms with van der Waals surface area (Å²) in [6, 6.07) is 8.65. The summed E-state index contributed by atoms with van der Waals surface area (Å²) in [5, 5.41) is 0. The number of benzene rings is 1. The van der Waals surface area contributed by atoms with E-state index in [1.807, 2.05) is 12.1 Å². The Morgan fingerprint density at radius 1 is 1.09 bits per heavy atom. The molecule has 1 saturated heterocycles. The molecule has 0 atom stereocenters. The molecular weight excluding hydrogens is 281 g/mol. The van der Waals surface area contributed by atoms with Crippen molar-refractivity contribution in [2.75, 3.05) is 36.8 Å². The molecule has 1 fully saturated rings. The molecule has 0 bridgehead atoms. The average molecular weight is 301 g/mol. The van der Waals surface area contributed by atoms with Crippen molar-refractivity contribution in [3.8, 4) is 0 Å². The van der Waals surface area contributed by atoms with E-state index in [-0.39, 0.29) is 5.82 Å². The van der Waals surface area contributed by atoms with Crippen LogP contribution in [0, 0.1) is 5.82 Å². The number of anilines is 2. The van der Waals surface area contributed by atoms with E-state index in [4.69, 9.17) is 5.73 Å². The highest BCUT2D eigenvalue weighted by Gasteiger charge is 2.18. The molecular formula is C16H20FN5. The van der Waals surface area contributed by atoms with Crippen molar-refractivity contribution in [2.24, 2.45) is 0 Å². The third kappa shape index (κ3) is 3.51. The van der Waals surface area contributed by atoms with E-state index < -0.39 is 0 Å². The second-order valence-corrected chi connectivity index (χ2v) is 5.49. The van der Waals surface area contributed by atoms with Crippen LogP contribution in [0.1, 0.15) is 12.0 Å². The van der Waals surface area contributed by atoms with Crippen molar-refractivity contribution in [2.45, 2.75) is 13.0 Å². The first kappa shape index (κ1) is 14.7. The van der Waals surface area contributed by atoms with Gasteiger partial charge in [0.05, 0.1) is 0 Å². The summed E-state index contributed by atoms with van der Waals surface area (Å²) in [7, 11) is 0. The second kappa shape index (κ2) is 6.70. The van der Waals surface area contributed by atoms with E-state index in [1.54, 1.807) is 18.3 Å². The molecule has 2 N–H and O–H groups in total. The molecule has 0 aliphatic carbocycles. The molecule has 1 aliphatic heterocycles. The Morgan fingerprint density at radius 2 is 1.95 bits per heavy atom. The Hall–Kier alpha value is -2.21. The highest BCUT2D eigenvalue weighted by Crippen LogP contribution is 2.15. The third-order valence-corrected chi connectivity index (χ3v) is 3.89. The van der Waals surface area contributed by atoms with Crippen LogP contribution in [-0.4, -0.2) is 41.0 Å². The van der Waals surface area contributed by atoms with Crippen LogP contribution < -0.4 is 10.6 Å². The third-order valence-electron chi connectivity index (χ3n) is 3.89. The van der Waals surface area contributed by atoms with Gasteiger partial charge in [-0.15, -0.1) is 0 Å². The number of rotatable bonds is 3. The normalized spacial score (nSPS) is 16.5. The summed E-state index contributed by atoms with van der Waals surface area (Å²) in [5.74, 6) is 1.02. The van der Waals surface area contributed by atoms with Gasteiger partial charge in [0.1, 0.15) is 11.6 Å². The van der Waals surface area contributed by atoms with Crippen molar-refractivity contribution in [3.05, 3.63) is 47.9 Å². The van der Waals surface area contributed by atoms with Gasteiger partial charge in [-0.05, 0) is 18.6 Å². The highest BCUT2D eigenvalue weighted by atomic mass is 19.1. The predicted molar refractivity (Wildman–Crippen MR) is 85.0 cm³/mol. The van der Waals surface area contributed by atoms with Crippen molar-refractivity contribution in [1.82, 2.24) is 14.9 Å². The van der Waals surface area contributed by atoms with Gasteiger partial charge in [0.15, 0.2) is 0 Å². The van der Waals surface area contributed by atoms with Gasteiger partial charge in [0.2, 0.25) is 5.95 Å². The molecule has 2 heterocycles. The maximum absolute atomic E-state index is 13.8. The largest absolute Gasteiger partial charge is 0.384 e. The van der Waals surface area contributed by atoms with Gasteiger partial charge in [-0.1, -0.05) is 18.2 Å². The smallest absolute Gasteiger partial charge is 0.227 e. The van der Waals surface area contributed by atoms with Gasteiger partial charge < -0.3 is 10.6 Å². The minimum absolute atomic E-state index is 0.136. The molecule has 22 heavy (non-hydrogen) atoms. The van der Waals surface area contributed by atoms with Gasteiger partial charge in [0, 0.05) is 44.5 Å². The first-order chi connectivity index (χ1) is 10.7. The van der Waals surface area contributed by atoms with Crippen LogP contribution in [-0.2, 0) is 6.54 Å². The zero-order valence-corrected chi connectivity index (χ0v) is 12.5. The van der Waals surface area contributed by atoms with Gasteiger partial charge in [0.25, 0.3) is 0 Å². The maximum Gasteiger partial charge on any atom is 0.227 e. The van der Waals surface area contributed by atoms with Crippen LogP contribution in [0.3, 0.4) is 0 Å². The van der Waals surface area contributed by atoms with Crippen LogP contribution in [0.4, 0.5) is 16.2 Å². The van der Waals surface area contributed by atoms with Crippen LogP contribution in [0.2, 0.25) is 0 Å². The molecule has 1 aliphatic rings. The first-order valence-electron chi connectivity index (χ1n) is 7.51. The Balaban J connectivity index is 1.64. The van der Waals surface area contributed by atoms with Gasteiger partial charge in [-0.3, -0.25) is 4.90 Å². The number of nitrogen functional groups attached to an aromatic ring is 1. The molecule has 1 aromatic carbocycles. The van der Waals surface area contributed by atoms with Crippen LogP contribution >= 0.6 is 0 Å². The topological polar surface area (TPSA) is 58.3 Å². The zero-order chi connectivity index (χ0) is 15.4. The Bertz CT molecular complexity index is 633. The quantitative estimate of drug-likeness (QED) is 0.938. The number of hydrogen-bond acceptors (Lipinski definition) is 5. The van der Waals surface area contributed by atoms with E-state index >= 15 is 0 Å². The zero-order valence-electron chi connectivity index (χ0n) is 12.5. The van der Waals surface area contributed by atoms with E-state index in [9.17, 15) is 4.39 Å². The van der Waals surface area contributed by atoms with E-state index in [2.05, 4.69) is 19.8 Å². The van der Waals surface area contributed by atoms with Crippen molar-refractivity contribution in [3.63, 3.8) is 0 Å². The summed E-state index contributed by atoms with van der Waals surface area (Å²) in [4.78, 5) is 13.0.